The molecule has 0 fully saturated rings. The Kier molecular flexibility index (Phi) is 31.3. The minimum absolute atomic E-state index is 0.129. The second-order valence-corrected chi connectivity index (χ2v) is 12.7. The Labute approximate surface area is 285 Å². The molecule has 2 atom stereocenters. The monoisotopic (exact) mass is 665 g/mol. The summed E-state index contributed by atoms with van der Waals surface area (Å²) in [6.45, 7) is 3.40. The van der Waals surface area contributed by atoms with Crippen molar-refractivity contribution in [2.24, 2.45) is 0 Å². The van der Waals surface area contributed by atoms with Crippen molar-refractivity contribution in [1.82, 2.24) is 10.6 Å². The van der Waals surface area contributed by atoms with Crippen molar-refractivity contribution < 1.29 is 34.1 Å². The lowest BCUT2D eigenvalue weighted by atomic mass is 10.0. The van der Waals surface area contributed by atoms with Crippen LogP contribution in [0.25, 0.3) is 0 Å². The molecule has 0 heterocycles. The Morgan fingerprint density at radius 3 is 1.81 bits per heavy atom. The average molecular weight is 665 g/mol. The number of aliphatic carboxylic acids is 1. The van der Waals surface area contributed by atoms with Gasteiger partial charge in [-0.15, -0.1) is 0 Å². The smallest absolute Gasteiger partial charge is 0.328 e. The van der Waals surface area contributed by atoms with Crippen LogP contribution in [-0.2, 0) is 23.9 Å². The number of rotatable bonds is 33. The van der Waals surface area contributed by atoms with Crippen molar-refractivity contribution in [3.05, 3.63) is 24.3 Å². The highest BCUT2D eigenvalue weighted by molar-refractivity contribution is 5.87. The van der Waals surface area contributed by atoms with Crippen LogP contribution in [0, 0.1) is 0 Å². The number of hydrogen-bond acceptors (Lipinski definition) is 6. The number of carboxylic acids is 1. The Morgan fingerprint density at radius 1 is 0.660 bits per heavy atom. The second-order valence-electron chi connectivity index (χ2n) is 12.7. The summed E-state index contributed by atoms with van der Waals surface area (Å²) in [5.74, 6) is -2.42. The molecule has 0 aromatic heterocycles. The van der Waals surface area contributed by atoms with Gasteiger partial charge in [0.2, 0.25) is 11.8 Å². The van der Waals surface area contributed by atoms with E-state index in [4.69, 9.17) is 14.9 Å². The molecule has 9 nitrogen and oxygen atoms in total. The summed E-state index contributed by atoms with van der Waals surface area (Å²) in [6.07, 6.45) is 33.6. The fraction of sp³-hybridized carbons (Fsp3) is 0.789. The van der Waals surface area contributed by atoms with Gasteiger partial charge in [-0.2, -0.15) is 0 Å². The molecule has 0 radical (unpaired) electrons. The number of esters is 1. The summed E-state index contributed by atoms with van der Waals surface area (Å²) in [6, 6.07) is -1.39. The minimum atomic E-state index is -1.39. The zero-order valence-electron chi connectivity index (χ0n) is 29.8. The van der Waals surface area contributed by atoms with Crippen molar-refractivity contribution in [3.63, 3.8) is 0 Å². The normalized spacial score (nSPS) is 12.7. The summed E-state index contributed by atoms with van der Waals surface area (Å²) in [5.41, 5.74) is 0. The summed E-state index contributed by atoms with van der Waals surface area (Å²) in [5, 5.41) is 22.5. The molecule has 0 bridgehead atoms. The van der Waals surface area contributed by atoms with E-state index >= 15 is 0 Å². The molecule has 0 saturated heterocycles. The van der Waals surface area contributed by atoms with E-state index in [0.717, 1.165) is 51.4 Å². The molecule has 0 rings (SSSR count). The molecule has 0 aromatic carbocycles. The minimum Gasteiger partial charge on any atom is -0.480 e. The molecule has 0 aliphatic heterocycles. The van der Waals surface area contributed by atoms with E-state index < -0.39 is 24.5 Å². The van der Waals surface area contributed by atoms with Gasteiger partial charge in [0.15, 0.2) is 0 Å². The largest absolute Gasteiger partial charge is 0.480 e. The highest BCUT2D eigenvalue weighted by Gasteiger charge is 2.18. The maximum atomic E-state index is 12.6. The van der Waals surface area contributed by atoms with Crippen molar-refractivity contribution >= 4 is 23.8 Å². The van der Waals surface area contributed by atoms with E-state index in [1.807, 2.05) is 6.08 Å². The summed E-state index contributed by atoms with van der Waals surface area (Å²) < 4.78 is 5.86. The molecule has 2 unspecified atom stereocenters. The second kappa shape index (κ2) is 33.2. The first kappa shape index (κ1) is 44.3. The standard InChI is InChI=1S/C38H68N2O7/c1-3-5-7-9-11-13-14-15-16-18-20-26-30-37(44)47-33(27-23-19-17-12-10-8-6-4-2)28-24-21-22-25-29-35(42)39-31-36(43)40-34(32-41)38(45)46/h12,17,23,27,33-34,41H,3-11,13-16,18-22,24-26,28-32H2,1-2H3,(H,39,42)(H,40,43)(H,45,46)/b17-12-,27-23-. The Morgan fingerprint density at radius 2 is 1.21 bits per heavy atom. The number of unbranched alkanes of at least 4 members (excludes halogenated alkanes) is 17. The first-order valence-electron chi connectivity index (χ1n) is 18.7. The van der Waals surface area contributed by atoms with Gasteiger partial charge in [0.05, 0.1) is 13.2 Å². The van der Waals surface area contributed by atoms with Gasteiger partial charge in [-0.05, 0) is 51.0 Å². The topological polar surface area (TPSA) is 142 Å². The molecule has 0 aliphatic rings. The third-order valence-corrected chi connectivity index (χ3v) is 8.19. The molecule has 0 aliphatic carbocycles. The molecule has 0 aromatic rings. The molecular formula is C38H68N2O7. The average Bonchev–Trinajstić information content (AvgIpc) is 3.05. The van der Waals surface area contributed by atoms with Crippen molar-refractivity contribution in [2.75, 3.05) is 13.2 Å². The fourth-order valence-electron chi connectivity index (χ4n) is 5.25. The van der Waals surface area contributed by atoms with Crippen LogP contribution in [0.3, 0.4) is 0 Å². The molecular weight excluding hydrogens is 596 g/mol. The highest BCUT2D eigenvalue weighted by atomic mass is 16.5. The first-order valence-corrected chi connectivity index (χ1v) is 18.7. The summed E-state index contributed by atoms with van der Waals surface area (Å²) in [7, 11) is 0. The number of aliphatic hydroxyl groups is 1. The van der Waals surface area contributed by atoms with Crippen LogP contribution < -0.4 is 10.6 Å². The maximum absolute atomic E-state index is 12.6. The number of carboxylic acid groups (broad SMARTS) is 1. The number of allylic oxidation sites excluding steroid dienone is 3. The predicted octanol–water partition coefficient (Wildman–Crippen LogP) is 8.09. The van der Waals surface area contributed by atoms with E-state index in [2.05, 4.69) is 42.7 Å². The molecule has 4 N–H and O–H groups in total. The fourth-order valence-corrected chi connectivity index (χ4v) is 5.25. The highest BCUT2D eigenvalue weighted by Crippen LogP contribution is 2.15. The predicted molar refractivity (Wildman–Crippen MR) is 190 cm³/mol. The van der Waals surface area contributed by atoms with E-state index in [9.17, 15) is 19.2 Å². The Bertz CT molecular complexity index is 859. The molecule has 0 saturated carbocycles. The number of carbonyl (C=O) groups excluding carboxylic acids is 3. The van der Waals surface area contributed by atoms with Crippen LogP contribution >= 0.6 is 0 Å². The van der Waals surface area contributed by atoms with Gasteiger partial charge in [-0.1, -0.05) is 128 Å². The van der Waals surface area contributed by atoms with E-state index in [1.165, 1.54) is 83.5 Å². The molecule has 272 valence electrons. The molecule has 2 amide bonds. The number of amides is 2. The van der Waals surface area contributed by atoms with E-state index in [0.29, 0.717) is 12.8 Å². The Balaban J connectivity index is 4.34. The van der Waals surface area contributed by atoms with Crippen LogP contribution in [0.15, 0.2) is 24.3 Å². The van der Waals surface area contributed by atoms with Crippen LogP contribution in [-0.4, -0.2) is 59.3 Å². The molecule has 9 heteroatoms. The number of aliphatic hydroxyl groups excluding tert-OH is 1. The van der Waals surface area contributed by atoms with Crippen LogP contribution in [0.4, 0.5) is 0 Å². The third kappa shape index (κ3) is 30.4. The first-order chi connectivity index (χ1) is 22.8. The number of carbonyl (C=O) groups is 4. The Hall–Kier alpha value is -2.68. The number of nitrogens with one attached hydrogen (secondary N) is 2. The quantitative estimate of drug-likeness (QED) is 0.0316. The van der Waals surface area contributed by atoms with Crippen molar-refractivity contribution in [3.8, 4) is 0 Å². The van der Waals surface area contributed by atoms with E-state index in [1.54, 1.807) is 0 Å². The van der Waals surface area contributed by atoms with Gasteiger partial charge in [-0.3, -0.25) is 14.4 Å². The number of ether oxygens (including phenoxy) is 1. The van der Waals surface area contributed by atoms with Gasteiger partial charge in [-0.25, -0.2) is 4.79 Å². The maximum Gasteiger partial charge on any atom is 0.328 e. The van der Waals surface area contributed by atoms with E-state index in [-0.39, 0.29) is 30.9 Å². The zero-order valence-corrected chi connectivity index (χ0v) is 29.8. The van der Waals surface area contributed by atoms with Crippen LogP contribution in [0.2, 0.25) is 0 Å². The van der Waals surface area contributed by atoms with Crippen LogP contribution in [0.5, 0.6) is 0 Å². The van der Waals surface area contributed by atoms with Crippen LogP contribution in [0.1, 0.15) is 168 Å². The lowest BCUT2D eigenvalue weighted by Crippen LogP contribution is -2.47. The lowest BCUT2D eigenvalue weighted by molar-refractivity contribution is -0.147. The summed E-state index contributed by atoms with van der Waals surface area (Å²) >= 11 is 0. The molecule has 0 spiro atoms. The van der Waals surface area contributed by atoms with Gasteiger partial charge in [0.1, 0.15) is 12.1 Å². The van der Waals surface area contributed by atoms with Gasteiger partial charge in [0.25, 0.3) is 0 Å². The third-order valence-electron chi connectivity index (χ3n) is 8.19. The molecule has 47 heavy (non-hydrogen) atoms. The van der Waals surface area contributed by atoms with Gasteiger partial charge < -0.3 is 25.6 Å². The van der Waals surface area contributed by atoms with Crippen molar-refractivity contribution in [2.45, 2.75) is 180 Å². The number of hydrogen-bond donors (Lipinski definition) is 4. The van der Waals surface area contributed by atoms with Gasteiger partial charge in [0, 0.05) is 12.8 Å². The zero-order chi connectivity index (χ0) is 34.8. The van der Waals surface area contributed by atoms with Crippen molar-refractivity contribution in [1.29, 1.82) is 0 Å². The SMILES string of the molecule is CCCCC/C=C\C/C=C\C(CCCCCCC(=O)NCC(=O)NC(CO)C(=O)O)OC(=O)CCCCCCCCCCCCCC. The summed E-state index contributed by atoms with van der Waals surface area (Å²) in [4.78, 5) is 47.3. The lowest BCUT2D eigenvalue weighted by Gasteiger charge is -2.15. The van der Waals surface area contributed by atoms with Gasteiger partial charge >= 0.3 is 11.9 Å².